The number of carbonyl (C=O) groups excluding carboxylic acids is 1. The summed E-state index contributed by atoms with van der Waals surface area (Å²) in [4.78, 5) is 13.9. The van der Waals surface area contributed by atoms with E-state index in [1.807, 2.05) is 0 Å². The van der Waals surface area contributed by atoms with E-state index in [0.717, 1.165) is 24.9 Å². The van der Waals surface area contributed by atoms with E-state index in [0.29, 0.717) is 11.5 Å². The topological polar surface area (TPSA) is 54.5 Å². The molecule has 0 N–H and O–H groups in total. The first-order chi connectivity index (χ1) is 8.79. The van der Waals surface area contributed by atoms with Crippen LogP contribution in [0.25, 0.3) is 0 Å². The SMILES string of the molecule is Cc1ccc(S(=O)(=O)Cl)cc1C(=O)N(C)CC1CC1. The fraction of sp³-hybridized carbons (Fsp3) is 0.462. The molecule has 6 heteroatoms. The summed E-state index contributed by atoms with van der Waals surface area (Å²) in [5.41, 5.74) is 1.14. The largest absolute Gasteiger partial charge is 0.341 e. The summed E-state index contributed by atoms with van der Waals surface area (Å²) in [6.07, 6.45) is 2.32. The predicted octanol–water partition coefficient (Wildman–Crippen LogP) is 2.40. The number of aryl methyl sites for hydroxylation is 1. The molecule has 19 heavy (non-hydrogen) atoms. The van der Waals surface area contributed by atoms with Crippen LogP contribution in [-0.2, 0) is 9.05 Å². The van der Waals surface area contributed by atoms with Crippen LogP contribution in [0.15, 0.2) is 23.1 Å². The fourth-order valence-corrected chi connectivity index (χ4v) is 2.74. The van der Waals surface area contributed by atoms with E-state index in [4.69, 9.17) is 10.7 Å². The molecule has 0 aliphatic heterocycles. The van der Waals surface area contributed by atoms with Gasteiger partial charge in [0.15, 0.2) is 0 Å². The van der Waals surface area contributed by atoms with Crippen LogP contribution in [0.2, 0.25) is 0 Å². The summed E-state index contributed by atoms with van der Waals surface area (Å²) in [7, 11) is 3.24. The highest BCUT2D eigenvalue weighted by Crippen LogP contribution is 2.30. The molecular formula is C13H16ClNO3S. The molecule has 1 aromatic carbocycles. The van der Waals surface area contributed by atoms with Crippen molar-refractivity contribution in [2.24, 2.45) is 5.92 Å². The summed E-state index contributed by atoms with van der Waals surface area (Å²) in [6, 6.07) is 4.37. The van der Waals surface area contributed by atoms with Gasteiger partial charge < -0.3 is 4.90 Å². The van der Waals surface area contributed by atoms with Crippen LogP contribution in [-0.4, -0.2) is 32.8 Å². The van der Waals surface area contributed by atoms with Gasteiger partial charge >= 0.3 is 0 Å². The molecule has 0 saturated heterocycles. The Morgan fingerprint density at radius 2 is 2.05 bits per heavy atom. The standard InChI is InChI=1S/C13H16ClNO3S/c1-9-3-6-11(19(14,17)18)7-12(9)13(16)15(2)8-10-4-5-10/h3,6-7,10H,4-5,8H2,1-2H3. The Bertz CT molecular complexity index is 608. The van der Waals surface area contributed by atoms with E-state index in [1.165, 1.54) is 12.1 Å². The first kappa shape index (κ1) is 14.3. The molecule has 0 spiro atoms. The van der Waals surface area contributed by atoms with Gasteiger partial charge in [0, 0.05) is 29.8 Å². The van der Waals surface area contributed by atoms with Crippen LogP contribution in [0, 0.1) is 12.8 Å². The van der Waals surface area contributed by atoms with Gasteiger partial charge in [0.2, 0.25) is 0 Å². The molecule has 0 unspecified atom stereocenters. The maximum Gasteiger partial charge on any atom is 0.261 e. The van der Waals surface area contributed by atoms with Gasteiger partial charge in [-0.25, -0.2) is 8.42 Å². The molecule has 0 atom stereocenters. The Labute approximate surface area is 117 Å². The highest BCUT2D eigenvalue weighted by atomic mass is 35.7. The lowest BCUT2D eigenvalue weighted by Crippen LogP contribution is -2.29. The summed E-state index contributed by atoms with van der Waals surface area (Å²) in [5, 5.41) is 0. The molecule has 1 aliphatic rings. The zero-order valence-corrected chi connectivity index (χ0v) is 12.5. The van der Waals surface area contributed by atoms with Gasteiger partial charge in [-0.1, -0.05) is 6.07 Å². The lowest BCUT2D eigenvalue weighted by atomic mass is 10.1. The number of benzene rings is 1. The molecule has 0 radical (unpaired) electrons. The lowest BCUT2D eigenvalue weighted by Gasteiger charge is -2.18. The lowest BCUT2D eigenvalue weighted by molar-refractivity contribution is 0.0787. The van der Waals surface area contributed by atoms with Crippen LogP contribution in [0.4, 0.5) is 0 Å². The molecule has 1 aliphatic carbocycles. The highest BCUT2D eigenvalue weighted by Gasteiger charge is 2.26. The highest BCUT2D eigenvalue weighted by molar-refractivity contribution is 8.13. The summed E-state index contributed by atoms with van der Waals surface area (Å²) in [6.45, 7) is 2.50. The molecule has 104 valence electrons. The van der Waals surface area contributed by atoms with Gasteiger partial charge in [0.25, 0.3) is 15.0 Å². The average Bonchev–Trinajstić information content (AvgIpc) is 3.11. The number of carbonyl (C=O) groups is 1. The third kappa shape index (κ3) is 3.48. The number of hydrogen-bond acceptors (Lipinski definition) is 3. The number of amides is 1. The van der Waals surface area contributed by atoms with E-state index in [2.05, 4.69) is 0 Å². The number of hydrogen-bond donors (Lipinski definition) is 0. The molecule has 1 amide bonds. The first-order valence-corrected chi connectivity index (χ1v) is 8.41. The van der Waals surface area contributed by atoms with Crippen molar-refractivity contribution in [3.05, 3.63) is 29.3 Å². The van der Waals surface area contributed by atoms with E-state index in [9.17, 15) is 13.2 Å². The second-order valence-electron chi connectivity index (χ2n) is 5.04. The van der Waals surface area contributed by atoms with Crippen molar-refractivity contribution in [3.8, 4) is 0 Å². The van der Waals surface area contributed by atoms with Crippen molar-refractivity contribution in [2.45, 2.75) is 24.7 Å². The average molecular weight is 302 g/mol. The number of halogens is 1. The van der Waals surface area contributed by atoms with Gasteiger partial charge in [0.05, 0.1) is 4.90 Å². The molecule has 4 nitrogen and oxygen atoms in total. The van der Waals surface area contributed by atoms with Crippen LogP contribution in [0.5, 0.6) is 0 Å². The van der Waals surface area contributed by atoms with Crippen molar-refractivity contribution in [2.75, 3.05) is 13.6 Å². The molecule has 0 heterocycles. The smallest absolute Gasteiger partial charge is 0.261 e. The Morgan fingerprint density at radius 1 is 1.42 bits per heavy atom. The second kappa shape index (κ2) is 5.13. The molecule has 1 saturated carbocycles. The summed E-state index contributed by atoms with van der Waals surface area (Å²) >= 11 is 0. The first-order valence-electron chi connectivity index (χ1n) is 6.10. The molecule has 0 bridgehead atoms. The maximum absolute atomic E-state index is 12.3. The molecule has 1 fully saturated rings. The van der Waals surface area contributed by atoms with Crippen LogP contribution >= 0.6 is 10.7 Å². The van der Waals surface area contributed by atoms with Gasteiger partial charge in [-0.3, -0.25) is 4.79 Å². The molecule has 0 aromatic heterocycles. The molecule has 1 aromatic rings. The van der Waals surface area contributed by atoms with E-state index >= 15 is 0 Å². The third-order valence-electron chi connectivity index (χ3n) is 3.30. The Balaban J connectivity index is 2.29. The minimum atomic E-state index is -3.81. The summed E-state index contributed by atoms with van der Waals surface area (Å²) < 4.78 is 22.6. The fourth-order valence-electron chi connectivity index (χ4n) is 1.96. The van der Waals surface area contributed by atoms with Crippen molar-refractivity contribution < 1.29 is 13.2 Å². The van der Waals surface area contributed by atoms with Crippen molar-refractivity contribution in [3.63, 3.8) is 0 Å². The second-order valence-corrected chi connectivity index (χ2v) is 7.61. The minimum absolute atomic E-state index is 0.0389. The zero-order valence-electron chi connectivity index (χ0n) is 10.9. The van der Waals surface area contributed by atoms with Crippen molar-refractivity contribution >= 4 is 25.6 Å². The zero-order chi connectivity index (χ0) is 14.2. The van der Waals surface area contributed by atoms with E-state index in [-0.39, 0.29) is 10.8 Å². The van der Waals surface area contributed by atoms with Crippen molar-refractivity contribution in [1.82, 2.24) is 4.90 Å². The quantitative estimate of drug-likeness (QED) is 0.803. The van der Waals surface area contributed by atoms with Crippen molar-refractivity contribution in [1.29, 1.82) is 0 Å². The monoisotopic (exact) mass is 301 g/mol. The third-order valence-corrected chi connectivity index (χ3v) is 4.65. The van der Waals surface area contributed by atoms with E-state index < -0.39 is 9.05 Å². The van der Waals surface area contributed by atoms with Crippen LogP contribution < -0.4 is 0 Å². The minimum Gasteiger partial charge on any atom is -0.341 e. The predicted molar refractivity (Wildman–Crippen MR) is 73.9 cm³/mol. The van der Waals surface area contributed by atoms with Gasteiger partial charge in [-0.05, 0) is 43.4 Å². The van der Waals surface area contributed by atoms with Gasteiger partial charge in [-0.2, -0.15) is 0 Å². The normalized spacial score (nSPS) is 15.3. The Hall–Kier alpha value is -1.07. The number of rotatable bonds is 4. The molecular weight excluding hydrogens is 286 g/mol. The Morgan fingerprint density at radius 3 is 2.58 bits per heavy atom. The maximum atomic E-state index is 12.3. The van der Waals surface area contributed by atoms with Gasteiger partial charge in [-0.15, -0.1) is 0 Å². The van der Waals surface area contributed by atoms with Crippen LogP contribution in [0.3, 0.4) is 0 Å². The van der Waals surface area contributed by atoms with Gasteiger partial charge in [0.1, 0.15) is 0 Å². The van der Waals surface area contributed by atoms with E-state index in [1.54, 1.807) is 24.9 Å². The van der Waals surface area contributed by atoms with Crippen LogP contribution in [0.1, 0.15) is 28.8 Å². The Kier molecular flexibility index (Phi) is 3.87. The number of nitrogens with zero attached hydrogens (tertiary/aromatic N) is 1. The summed E-state index contributed by atoms with van der Waals surface area (Å²) in [5.74, 6) is 0.431. The molecule has 2 rings (SSSR count).